The molecular formula is C21H27NO3. The molecule has 0 amide bonds. The van der Waals surface area contributed by atoms with Crippen LogP contribution in [0, 0.1) is 5.92 Å². The first kappa shape index (κ1) is 15.0. The van der Waals surface area contributed by atoms with Gasteiger partial charge in [-0.3, -0.25) is 4.90 Å². The summed E-state index contributed by atoms with van der Waals surface area (Å²) in [5.41, 5.74) is 1.39. The zero-order valence-electron chi connectivity index (χ0n) is 14.7. The molecule has 0 radical (unpaired) electrons. The van der Waals surface area contributed by atoms with Gasteiger partial charge in [0.05, 0.1) is 17.1 Å². The summed E-state index contributed by atoms with van der Waals surface area (Å²) in [7, 11) is 0. The molecule has 4 nitrogen and oxygen atoms in total. The van der Waals surface area contributed by atoms with E-state index >= 15 is 0 Å². The van der Waals surface area contributed by atoms with Gasteiger partial charge >= 0.3 is 0 Å². The minimum absolute atomic E-state index is 0.168. The van der Waals surface area contributed by atoms with Crippen molar-refractivity contribution in [2.45, 2.75) is 74.2 Å². The molecule has 25 heavy (non-hydrogen) atoms. The molecule has 0 aromatic heterocycles. The van der Waals surface area contributed by atoms with Crippen molar-refractivity contribution in [3.05, 3.63) is 29.3 Å². The number of rotatable bonds is 2. The van der Waals surface area contributed by atoms with Crippen LogP contribution in [0.3, 0.4) is 0 Å². The maximum Gasteiger partial charge on any atom is 0.137 e. The van der Waals surface area contributed by atoms with Crippen molar-refractivity contribution in [2.24, 2.45) is 5.92 Å². The van der Waals surface area contributed by atoms with Crippen molar-refractivity contribution >= 4 is 0 Å². The van der Waals surface area contributed by atoms with Gasteiger partial charge < -0.3 is 14.9 Å². The van der Waals surface area contributed by atoms with Crippen LogP contribution >= 0.6 is 0 Å². The zero-order valence-corrected chi connectivity index (χ0v) is 14.7. The summed E-state index contributed by atoms with van der Waals surface area (Å²) in [4.78, 5) is 2.58. The van der Waals surface area contributed by atoms with Gasteiger partial charge in [0.15, 0.2) is 0 Å². The fourth-order valence-corrected chi connectivity index (χ4v) is 6.80. The predicted octanol–water partition coefficient (Wildman–Crippen LogP) is 2.00. The minimum Gasteiger partial charge on any atom is -0.486 e. The summed E-state index contributed by atoms with van der Waals surface area (Å²) in [5.74, 6) is 1.72. The van der Waals surface area contributed by atoms with Crippen LogP contribution in [0.5, 0.6) is 5.75 Å². The first-order valence-corrected chi connectivity index (χ1v) is 10.1. The quantitative estimate of drug-likeness (QED) is 0.864. The van der Waals surface area contributed by atoms with Crippen molar-refractivity contribution < 1.29 is 14.9 Å². The average Bonchev–Trinajstić information content (AvgIpc) is 2.90. The fraction of sp³-hybridized carbons (Fsp3) is 0.714. The van der Waals surface area contributed by atoms with Gasteiger partial charge in [0.2, 0.25) is 0 Å². The largest absolute Gasteiger partial charge is 0.486 e. The maximum atomic E-state index is 12.1. The summed E-state index contributed by atoms with van der Waals surface area (Å²) in [6, 6.07) is 6.49. The number of ether oxygens (including phenoxy) is 1. The molecule has 6 rings (SSSR count). The Kier molecular flexibility index (Phi) is 2.87. The maximum absolute atomic E-state index is 12.1. The summed E-state index contributed by atoms with van der Waals surface area (Å²) >= 11 is 0. The van der Waals surface area contributed by atoms with Crippen molar-refractivity contribution in [2.75, 3.05) is 13.1 Å². The predicted molar refractivity (Wildman–Crippen MR) is 93.7 cm³/mol. The number of likely N-dealkylation sites (tertiary alicyclic amines) is 1. The molecular weight excluding hydrogens is 314 g/mol. The SMILES string of the molecule is OC1CCC2(O)C3Cc4cccc5c4C2(CCN3CC2CCC2)C1O5. The van der Waals surface area contributed by atoms with Gasteiger partial charge in [-0.15, -0.1) is 0 Å². The van der Waals surface area contributed by atoms with Crippen LogP contribution in [0.15, 0.2) is 18.2 Å². The molecule has 2 N–H and O–H groups in total. The fourth-order valence-electron chi connectivity index (χ4n) is 6.80. The van der Waals surface area contributed by atoms with Gasteiger partial charge in [0.25, 0.3) is 0 Å². The number of piperidine rings is 1. The Hall–Kier alpha value is -1.10. The van der Waals surface area contributed by atoms with Gasteiger partial charge in [0.1, 0.15) is 11.9 Å². The molecule has 2 heterocycles. The Morgan fingerprint density at radius 1 is 1.20 bits per heavy atom. The second-order valence-corrected chi connectivity index (χ2v) is 9.09. The molecule has 2 bridgehead atoms. The lowest BCUT2D eigenvalue weighted by Gasteiger charge is -2.64. The van der Waals surface area contributed by atoms with Crippen molar-refractivity contribution in [3.63, 3.8) is 0 Å². The van der Waals surface area contributed by atoms with Crippen molar-refractivity contribution in [1.82, 2.24) is 4.90 Å². The highest BCUT2D eigenvalue weighted by molar-refractivity contribution is 5.57. The van der Waals surface area contributed by atoms with E-state index in [9.17, 15) is 10.2 Å². The monoisotopic (exact) mass is 341 g/mol. The third-order valence-electron chi connectivity index (χ3n) is 8.16. The zero-order chi connectivity index (χ0) is 16.8. The Bertz CT molecular complexity index is 732. The molecule has 2 aliphatic heterocycles. The number of aliphatic hydroxyl groups is 2. The van der Waals surface area contributed by atoms with Crippen LogP contribution < -0.4 is 4.74 Å². The highest BCUT2D eigenvalue weighted by atomic mass is 16.5. The van der Waals surface area contributed by atoms with Crippen LogP contribution in [0.25, 0.3) is 0 Å². The molecule has 1 spiro atoms. The number of benzene rings is 1. The highest BCUT2D eigenvalue weighted by Crippen LogP contribution is 2.64. The van der Waals surface area contributed by atoms with Crippen LogP contribution in [0.4, 0.5) is 0 Å². The summed E-state index contributed by atoms with van der Waals surface area (Å²) < 4.78 is 6.28. The second-order valence-electron chi connectivity index (χ2n) is 9.09. The minimum atomic E-state index is -0.765. The van der Waals surface area contributed by atoms with E-state index in [2.05, 4.69) is 17.0 Å². The van der Waals surface area contributed by atoms with Gasteiger partial charge in [0, 0.05) is 18.2 Å². The van der Waals surface area contributed by atoms with E-state index in [0.717, 1.165) is 37.6 Å². The van der Waals surface area contributed by atoms with Crippen LogP contribution in [-0.4, -0.2) is 52.1 Å². The van der Waals surface area contributed by atoms with Crippen molar-refractivity contribution in [1.29, 1.82) is 0 Å². The highest BCUT2D eigenvalue weighted by Gasteiger charge is 2.72. The summed E-state index contributed by atoms with van der Waals surface area (Å²) in [6.45, 7) is 2.15. The van der Waals surface area contributed by atoms with E-state index in [-0.39, 0.29) is 12.1 Å². The topological polar surface area (TPSA) is 52.9 Å². The Morgan fingerprint density at radius 2 is 2.08 bits per heavy atom. The third-order valence-corrected chi connectivity index (χ3v) is 8.16. The van der Waals surface area contributed by atoms with Crippen LogP contribution in [0.1, 0.15) is 49.7 Å². The molecule has 1 aromatic rings. The third kappa shape index (κ3) is 1.65. The Balaban J connectivity index is 1.51. The summed E-state index contributed by atoms with van der Waals surface area (Å²) in [5, 5.41) is 22.8. The molecule has 1 aromatic carbocycles. The van der Waals surface area contributed by atoms with E-state index in [0.29, 0.717) is 12.8 Å². The number of hydrogen-bond donors (Lipinski definition) is 2. The Labute approximate surface area is 148 Å². The molecule has 2 saturated carbocycles. The average molecular weight is 341 g/mol. The molecule has 1 saturated heterocycles. The van der Waals surface area contributed by atoms with Gasteiger partial charge in [-0.1, -0.05) is 18.6 Å². The lowest BCUT2D eigenvalue weighted by atomic mass is 9.48. The number of hydrogen-bond acceptors (Lipinski definition) is 4. The molecule has 134 valence electrons. The Morgan fingerprint density at radius 3 is 2.88 bits per heavy atom. The molecule has 3 fully saturated rings. The van der Waals surface area contributed by atoms with E-state index in [1.165, 1.54) is 30.4 Å². The number of nitrogens with zero attached hydrogens (tertiary/aromatic N) is 1. The smallest absolute Gasteiger partial charge is 0.137 e. The lowest BCUT2D eigenvalue weighted by Crippen LogP contribution is -2.77. The second kappa shape index (κ2) is 4.79. The van der Waals surface area contributed by atoms with E-state index in [1.54, 1.807) is 0 Å². The van der Waals surface area contributed by atoms with Crippen LogP contribution in [0.2, 0.25) is 0 Å². The molecule has 5 atom stereocenters. The van der Waals surface area contributed by atoms with Gasteiger partial charge in [-0.2, -0.15) is 0 Å². The van der Waals surface area contributed by atoms with Gasteiger partial charge in [-0.25, -0.2) is 0 Å². The van der Waals surface area contributed by atoms with E-state index in [4.69, 9.17) is 4.74 Å². The standard InChI is InChI=1S/C21H27NO3/c23-15-7-8-21(24)17-11-14-5-2-6-16-18(14)20(21,19(15)25-16)9-10-22(17)12-13-3-1-4-13/h2,5-6,13,15,17,19,23-24H,1,3-4,7-12H2. The van der Waals surface area contributed by atoms with Crippen molar-refractivity contribution in [3.8, 4) is 5.75 Å². The normalized spacial score (nSPS) is 44.8. The first-order valence-electron chi connectivity index (χ1n) is 10.1. The van der Waals surface area contributed by atoms with Crippen LogP contribution in [-0.2, 0) is 11.8 Å². The first-order chi connectivity index (χ1) is 12.1. The number of aliphatic hydroxyl groups excluding tert-OH is 1. The summed E-state index contributed by atoms with van der Waals surface area (Å²) in [6.07, 6.45) is 6.45. The molecule has 5 aliphatic rings. The molecule has 4 heteroatoms. The van der Waals surface area contributed by atoms with Gasteiger partial charge in [-0.05, 0) is 62.6 Å². The molecule has 5 unspecified atom stereocenters. The van der Waals surface area contributed by atoms with E-state index in [1.807, 2.05) is 6.07 Å². The molecule has 3 aliphatic carbocycles. The van der Waals surface area contributed by atoms with E-state index < -0.39 is 17.1 Å². The lowest BCUT2D eigenvalue weighted by molar-refractivity contribution is -0.209.